The molecule has 20 heavy (non-hydrogen) atoms. The molecule has 0 saturated carbocycles. The highest BCUT2D eigenvalue weighted by Crippen LogP contribution is 2.12. The van der Waals surface area contributed by atoms with Gasteiger partial charge in [0.1, 0.15) is 11.5 Å². The largest absolute Gasteiger partial charge is 0.353 e. The molecule has 1 saturated heterocycles. The van der Waals surface area contributed by atoms with Gasteiger partial charge in [0.25, 0.3) is 5.91 Å². The fourth-order valence-corrected chi connectivity index (χ4v) is 2.15. The van der Waals surface area contributed by atoms with Crippen molar-refractivity contribution >= 4 is 11.7 Å². The Balaban J connectivity index is 2.04. The second-order valence-corrected chi connectivity index (χ2v) is 6.27. The Morgan fingerprint density at radius 1 is 1.40 bits per heavy atom. The van der Waals surface area contributed by atoms with Gasteiger partial charge in [-0.1, -0.05) is 0 Å². The molecule has 110 valence electrons. The summed E-state index contributed by atoms with van der Waals surface area (Å²) in [6.07, 6.45) is 3.22. The molecule has 1 fully saturated rings. The van der Waals surface area contributed by atoms with E-state index >= 15 is 0 Å². The van der Waals surface area contributed by atoms with Gasteiger partial charge in [-0.2, -0.15) is 0 Å². The Morgan fingerprint density at radius 2 is 2.15 bits per heavy atom. The number of hydrogen-bond donors (Lipinski definition) is 2. The monoisotopic (exact) mass is 277 g/mol. The van der Waals surface area contributed by atoms with Crippen LogP contribution in [0.15, 0.2) is 12.4 Å². The second kappa shape index (κ2) is 5.75. The van der Waals surface area contributed by atoms with E-state index in [1.54, 1.807) is 12.4 Å². The van der Waals surface area contributed by atoms with E-state index in [2.05, 4.69) is 32.4 Å². The van der Waals surface area contributed by atoms with Crippen molar-refractivity contribution in [3.8, 4) is 0 Å². The molecule has 2 N–H and O–H groups in total. The summed E-state index contributed by atoms with van der Waals surface area (Å²) in [7, 11) is 0. The molecule has 1 aromatic heterocycles. The summed E-state index contributed by atoms with van der Waals surface area (Å²) in [5.41, 5.74) is 0.0812. The van der Waals surface area contributed by atoms with Crippen molar-refractivity contribution in [2.24, 2.45) is 0 Å². The van der Waals surface area contributed by atoms with Gasteiger partial charge in [0.15, 0.2) is 0 Å². The van der Waals surface area contributed by atoms with Gasteiger partial charge in [0.2, 0.25) is 0 Å². The first-order valence-corrected chi connectivity index (χ1v) is 6.98. The van der Waals surface area contributed by atoms with E-state index in [9.17, 15) is 4.79 Å². The molecule has 1 aliphatic heterocycles. The highest BCUT2D eigenvalue weighted by molar-refractivity contribution is 5.92. The molecule has 2 rings (SSSR count). The predicted molar refractivity (Wildman–Crippen MR) is 78.9 cm³/mol. The predicted octanol–water partition coefficient (Wildman–Crippen LogP) is 0.803. The molecule has 1 aliphatic rings. The molecule has 6 heteroatoms. The topological polar surface area (TPSA) is 70.2 Å². The van der Waals surface area contributed by atoms with E-state index in [-0.39, 0.29) is 11.4 Å². The van der Waals surface area contributed by atoms with Gasteiger partial charge in [0, 0.05) is 31.2 Å². The quantitative estimate of drug-likeness (QED) is 0.837. The summed E-state index contributed by atoms with van der Waals surface area (Å²) in [5.74, 6) is 0.635. The average molecular weight is 277 g/mol. The molecule has 0 aromatic carbocycles. The summed E-state index contributed by atoms with van der Waals surface area (Å²) in [6.45, 7) is 10.7. The minimum Gasteiger partial charge on any atom is -0.353 e. The van der Waals surface area contributed by atoms with E-state index in [1.807, 2.05) is 20.8 Å². The summed E-state index contributed by atoms with van der Waals surface area (Å²) < 4.78 is 0. The summed E-state index contributed by atoms with van der Waals surface area (Å²) >= 11 is 0. The Hall–Kier alpha value is -1.69. The van der Waals surface area contributed by atoms with Crippen LogP contribution in [-0.2, 0) is 0 Å². The lowest BCUT2D eigenvalue weighted by Gasteiger charge is -2.32. The van der Waals surface area contributed by atoms with Crippen LogP contribution in [0.4, 0.5) is 5.82 Å². The van der Waals surface area contributed by atoms with Gasteiger partial charge in [-0.15, -0.1) is 0 Å². The van der Waals surface area contributed by atoms with Gasteiger partial charge in [-0.3, -0.25) is 4.79 Å². The summed E-state index contributed by atoms with van der Waals surface area (Å²) in [4.78, 5) is 22.7. The summed E-state index contributed by atoms with van der Waals surface area (Å²) in [6, 6.07) is 0.439. The smallest absolute Gasteiger partial charge is 0.271 e. The third-order valence-electron chi connectivity index (χ3n) is 3.05. The Bertz CT molecular complexity index is 465. The van der Waals surface area contributed by atoms with Gasteiger partial charge in [-0.25, -0.2) is 9.97 Å². The van der Waals surface area contributed by atoms with E-state index in [0.29, 0.717) is 11.7 Å². The van der Waals surface area contributed by atoms with E-state index in [0.717, 1.165) is 25.5 Å². The number of carbonyl (C=O) groups is 1. The van der Waals surface area contributed by atoms with Crippen LogP contribution in [0.1, 0.15) is 38.2 Å². The Labute approximate surface area is 120 Å². The van der Waals surface area contributed by atoms with E-state index < -0.39 is 0 Å². The number of carbonyl (C=O) groups excluding carboxylic acids is 1. The lowest BCUT2D eigenvalue weighted by molar-refractivity contribution is 0.0914. The first kappa shape index (κ1) is 14.7. The van der Waals surface area contributed by atoms with Gasteiger partial charge in [-0.05, 0) is 27.7 Å². The number of nitrogens with zero attached hydrogens (tertiary/aromatic N) is 3. The van der Waals surface area contributed by atoms with Crippen molar-refractivity contribution < 1.29 is 4.79 Å². The maximum atomic E-state index is 12.0. The van der Waals surface area contributed by atoms with Crippen LogP contribution in [0.2, 0.25) is 0 Å². The van der Waals surface area contributed by atoms with Crippen LogP contribution in [0.5, 0.6) is 0 Å². The number of rotatable bonds is 2. The average Bonchev–Trinajstić information content (AvgIpc) is 2.37. The number of piperazine rings is 1. The van der Waals surface area contributed by atoms with E-state index in [1.165, 1.54) is 0 Å². The van der Waals surface area contributed by atoms with Gasteiger partial charge < -0.3 is 15.5 Å². The van der Waals surface area contributed by atoms with E-state index in [4.69, 9.17) is 0 Å². The zero-order valence-electron chi connectivity index (χ0n) is 12.6. The standard InChI is InChI=1S/C14H23N5O/c1-10-9-19(6-5-15-10)12-8-16-11(7-17-12)13(20)18-14(2,3)4/h7-8,10,15H,5-6,9H2,1-4H3,(H,18,20)/t10-/m0/s1. The first-order chi connectivity index (χ1) is 9.35. The maximum absolute atomic E-state index is 12.0. The van der Waals surface area contributed by atoms with Crippen LogP contribution >= 0.6 is 0 Å². The molecule has 0 aliphatic carbocycles. The third-order valence-corrected chi connectivity index (χ3v) is 3.05. The Kier molecular flexibility index (Phi) is 4.23. The molecule has 0 spiro atoms. The normalized spacial score (nSPS) is 19.8. The van der Waals surface area contributed by atoms with Gasteiger partial charge in [0.05, 0.1) is 12.4 Å². The number of hydrogen-bond acceptors (Lipinski definition) is 5. The van der Waals surface area contributed by atoms with Crippen molar-refractivity contribution in [3.63, 3.8) is 0 Å². The highest BCUT2D eigenvalue weighted by atomic mass is 16.2. The maximum Gasteiger partial charge on any atom is 0.271 e. The molecule has 1 atom stereocenters. The van der Waals surface area contributed by atoms with Crippen LogP contribution in [-0.4, -0.2) is 47.1 Å². The summed E-state index contributed by atoms with van der Waals surface area (Å²) in [5, 5.41) is 6.26. The minimum atomic E-state index is -0.272. The zero-order chi connectivity index (χ0) is 14.8. The highest BCUT2D eigenvalue weighted by Gasteiger charge is 2.19. The van der Waals surface area contributed by atoms with Crippen molar-refractivity contribution in [3.05, 3.63) is 18.1 Å². The number of aromatic nitrogens is 2. The van der Waals surface area contributed by atoms with Crippen molar-refractivity contribution in [2.75, 3.05) is 24.5 Å². The molecule has 6 nitrogen and oxygen atoms in total. The van der Waals surface area contributed by atoms with Crippen LogP contribution < -0.4 is 15.5 Å². The number of anilines is 1. The fourth-order valence-electron chi connectivity index (χ4n) is 2.15. The molecule has 0 radical (unpaired) electrons. The lowest BCUT2D eigenvalue weighted by atomic mass is 10.1. The number of nitrogens with one attached hydrogen (secondary N) is 2. The van der Waals surface area contributed by atoms with Crippen LogP contribution in [0.3, 0.4) is 0 Å². The van der Waals surface area contributed by atoms with Crippen molar-refractivity contribution in [1.29, 1.82) is 0 Å². The molecule has 1 aromatic rings. The molecule has 2 heterocycles. The molecular weight excluding hydrogens is 254 g/mol. The van der Waals surface area contributed by atoms with Crippen LogP contribution in [0, 0.1) is 0 Å². The molecule has 1 amide bonds. The zero-order valence-corrected chi connectivity index (χ0v) is 12.6. The third kappa shape index (κ3) is 3.90. The van der Waals surface area contributed by atoms with Gasteiger partial charge >= 0.3 is 0 Å². The van der Waals surface area contributed by atoms with Crippen molar-refractivity contribution in [2.45, 2.75) is 39.3 Å². The lowest BCUT2D eigenvalue weighted by Crippen LogP contribution is -2.49. The molecule has 0 bridgehead atoms. The fraction of sp³-hybridized carbons (Fsp3) is 0.643. The SMILES string of the molecule is C[C@H]1CN(c2cnc(C(=O)NC(C)(C)C)cn2)CCN1. The Morgan fingerprint density at radius 3 is 2.70 bits per heavy atom. The first-order valence-electron chi connectivity index (χ1n) is 6.98. The second-order valence-electron chi connectivity index (χ2n) is 6.27. The molecular formula is C14H23N5O. The molecule has 0 unspecified atom stereocenters. The van der Waals surface area contributed by atoms with Crippen LogP contribution in [0.25, 0.3) is 0 Å². The number of amides is 1. The minimum absolute atomic E-state index is 0.190. The van der Waals surface area contributed by atoms with Crippen molar-refractivity contribution in [1.82, 2.24) is 20.6 Å².